The fraction of sp³-hybridized carbons (Fsp3) is 0.267. The highest BCUT2D eigenvalue weighted by atomic mass is 15.5. The Labute approximate surface area is 123 Å². The van der Waals surface area contributed by atoms with E-state index < -0.39 is 0 Å². The van der Waals surface area contributed by atoms with Gasteiger partial charge in [0, 0.05) is 12.2 Å². The first-order valence-electron chi connectivity index (χ1n) is 6.96. The van der Waals surface area contributed by atoms with Crippen LogP contribution in [-0.4, -0.2) is 24.5 Å². The second-order valence-corrected chi connectivity index (χ2v) is 5.09. The van der Waals surface area contributed by atoms with Crippen LogP contribution in [0.15, 0.2) is 49.1 Å². The van der Waals surface area contributed by atoms with E-state index in [9.17, 15) is 0 Å². The van der Waals surface area contributed by atoms with Gasteiger partial charge in [0.1, 0.15) is 0 Å². The highest BCUT2D eigenvalue weighted by Crippen LogP contribution is 2.11. The quantitative estimate of drug-likeness (QED) is 0.781. The number of para-hydroxylation sites is 1. The van der Waals surface area contributed by atoms with E-state index in [4.69, 9.17) is 0 Å². The van der Waals surface area contributed by atoms with Gasteiger partial charge in [-0.1, -0.05) is 18.2 Å². The third kappa shape index (κ3) is 2.94. The fourth-order valence-electron chi connectivity index (χ4n) is 2.14. The van der Waals surface area contributed by atoms with Crippen molar-refractivity contribution in [2.75, 3.05) is 5.32 Å². The average molecular weight is 282 g/mol. The summed E-state index contributed by atoms with van der Waals surface area (Å²) < 4.78 is 2.13. The Bertz CT molecular complexity index is 698. The first-order chi connectivity index (χ1) is 10.2. The largest absolute Gasteiger partial charge is 0.362 e. The number of anilines is 1. The molecule has 1 aromatic carbocycles. The van der Waals surface area contributed by atoms with Crippen LogP contribution in [0.4, 0.5) is 5.82 Å². The van der Waals surface area contributed by atoms with Gasteiger partial charge in [-0.3, -0.25) is 0 Å². The van der Waals surface area contributed by atoms with Crippen molar-refractivity contribution in [3.8, 4) is 5.69 Å². The summed E-state index contributed by atoms with van der Waals surface area (Å²) in [6, 6.07) is 10.2. The molecule has 0 aliphatic heterocycles. The number of hydrogen-bond acceptors (Lipinski definition) is 4. The Hall–Kier alpha value is -2.63. The van der Waals surface area contributed by atoms with Gasteiger partial charge in [0.2, 0.25) is 0 Å². The molecule has 108 valence electrons. The van der Waals surface area contributed by atoms with Gasteiger partial charge < -0.3 is 9.88 Å². The Morgan fingerprint density at radius 3 is 2.71 bits per heavy atom. The Morgan fingerprint density at radius 2 is 1.95 bits per heavy atom. The minimum Gasteiger partial charge on any atom is -0.362 e. The zero-order valence-corrected chi connectivity index (χ0v) is 12.1. The van der Waals surface area contributed by atoms with Crippen LogP contribution in [0.25, 0.3) is 5.69 Å². The summed E-state index contributed by atoms with van der Waals surface area (Å²) in [6.45, 7) is 4.94. The van der Waals surface area contributed by atoms with Crippen LogP contribution in [0, 0.1) is 0 Å². The maximum absolute atomic E-state index is 4.42. The average Bonchev–Trinajstić information content (AvgIpc) is 3.15. The fourth-order valence-corrected chi connectivity index (χ4v) is 2.14. The highest BCUT2D eigenvalue weighted by molar-refractivity contribution is 5.34. The van der Waals surface area contributed by atoms with Crippen molar-refractivity contribution in [3.63, 3.8) is 0 Å². The number of hydrogen-bond donors (Lipinski definition) is 1. The second-order valence-electron chi connectivity index (χ2n) is 5.09. The van der Waals surface area contributed by atoms with E-state index >= 15 is 0 Å². The molecule has 0 spiro atoms. The van der Waals surface area contributed by atoms with E-state index in [1.807, 2.05) is 42.9 Å². The van der Waals surface area contributed by atoms with Crippen molar-refractivity contribution < 1.29 is 0 Å². The zero-order chi connectivity index (χ0) is 14.7. The van der Waals surface area contributed by atoms with Gasteiger partial charge >= 0.3 is 0 Å². The molecule has 3 rings (SSSR count). The van der Waals surface area contributed by atoms with Gasteiger partial charge in [-0.05, 0) is 26.0 Å². The number of imidazole rings is 1. The third-order valence-corrected chi connectivity index (χ3v) is 3.23. The number of nitrogens with zero attached hydrogens (tertiary/aromatic N) is 5. The summed E-state index contributed by atoms with van der Waals surface area (Å²) in [7, 11) is 0. The smallest absolute Gasteiger partial charge is 0.169 e. The van der Waals surface area contributed by atoms with Crippen LogP contribution in [0.3, 0.4) is 0 Å². The van der Waals surface area contributed by atoms with Crippen LogP contribution in [-0.2, 0) is 6.54 Å². The van der Waals surface area contributed by atoms with Crippen molar-refractivity contribution in [1.82, 2.24) is 24.5 Å². The standard InChI is InChI=1S/C15H18N6/c1-12(2)20-11-16-8-14(20)9-17-15-10-18-21(19-15)13-6-4-3-5-7-13/h3-8,10-12H,9H2,1-2H3,(H,17,19). The maximum Gasteiger partial charge on any atom is 0.169 e. The molecule has 6 heteroatoms. The Kier molecular flexibility index (Phi) is 3.68. The van der Waals surface area contributed by atoms with Crippen molar-refractivity contribution >= 4 is 5.82 Å². The van der Waals surface area contributed by atoms with Gasteiger partial charge in [-0.15, -0.1) is 9.90 Å². The third-order valence-electron chi connectivity index (χ3n) is 3.23. The second kappa shape index (κ2) is 5.78. The Balaban J connectivity index is 1.69. The summed E-state index contributed by atoms with van der Waals surface area (Å²) in [4.78, 5) is 5.80. The lowest BCUT2D eigenvalue weighted by Crippen LogP contribution is -2.09. The van der Waals surface area contributed by atoms with E-state index in [1.54, 1.807) is 11.0 Å². The molecule has 2 heterocycles. The van der Waals surface area contributed by atoms with Crippen LogP contribution in [0.5, 0.6) is 0 Å². The van der Waals surface area contributed by atoms with Gasteiger partial charge in [0.15, 0.2) is 5.82 Å². The molecule has 0 radical (unpaired) electrons. The molecule has 3 aromatic rings. The lowest BCUT2D eigenvalue weighted by molar-refractivity contribution is 0.577. The molecule has 0 saturated carbocycles. The molecule has 6 nitrogen and oxygen atoms in total. The molecular weight excluding hydrogens is 264 g/mol. The molecular formula is C15H18N6. The molecule has 21 heavy (non-hydrogen) atoms. The first-order valence-corrected chi connectivity index (χ1v) is 6.96. The van der Waals surface area contributed by atoms with Gasteiger partial charge in [-0.25, -0.2) is 4.98 Å². The minimum absolute atomic E-state index is 0.393. The summed E-state index contributed by atoms with van der Waals surface area (Å²) in [5.74, 6) is 0.746. The summed E-state index contributed by atoms with van der Waals surface area (Å²) in [6.07, 6.45) is 5.44. The molecule has 0 fully saturated rings. The lowest BCUT2D eigenvalue weighted by atomic mass is 10.3. The highest BCUT2D eigenvalue weighted by Gasteiger charge is 2.07. The van der Waals surface area contributed by atoms with Crippen LogP contribution >= 0.6 is 0 Å². The monoisotopic (exact) mass is 282 g/mol. The van der Waals surface area contributed by atoms with Crippen molar-refractivity contribution in [1.29, 1.82) is 0 Å². The predicted octanol–water partition coefficient (Wildman–Crippen LogP) is 2.66. The number of aromatic nitrogens is 5. The summed E-state index contributed by atoms with van der Waals surface area (Å²) >= 11 is 0. The molecule has 2 aromatic heterocycles. The SMILES string of the molecule is CC(C)n1cncc1CNc1cnn(-c2ccccc2)n1. The van der Waals surface area contributed by atoms with Crippen molar-refractivity contribution in [2.45, 2.75) is 26.4 Å². The van der Waals surface area contributed by atoms with Gasteiger partial charge in [-0.2, -0.15) is 5.10 Å². The summed E-state index contributed by atoms with van der Waals surface area (Å²) in [5.41, 5.74) is 2.07. The van der Waals surface area contributed by atoms with E-state index in [1.165, 1.54) is 0 Å². The van der Waals surface area contributed by atoms with Crippen molar-refractivity contribution in [2.24, 2.45) is 0 Å². The topological polar surface area (TPSA) is 60.6 Å². The predicted molar refractivity (Wildman–Crippen MR) is 81.3 cm³/mol. The molecule has 0 aliphatic rings. The van der Waals surface area contributed by atoms with Gasteiger partial charge in [0.25, 0.3) is 0 Å². The number of benzene rings is 1. The molecule has 0 aliphatic carbocycles. The Morgan fingerprint density at radius 1 is 1.14 bits per heavy atom. The molecule has 1 N–H and O–H groups in total. The molecule has 0 amide bonds. The van der Waals surface area contributed by atoms with E-state index in [2.05, 4.69) is 38.9 Å². The molecule has 0 atom stereocenters. The minimum atomic E-state index is 0.393. The van der Waals surface area contributed by atoms with E-state index in [0.717, 1.165) is 17.2 Å². The normalized spacial score (nSPS) is 11.0. The van der Waals surface area contributed by atoms with E-state index in [-0.39, 0.29) is 0 Å². The van der Waals surface area contributed by atoms with Gasteiger partial charge in [0.05, 0.1) is 30.5 Å². The zero-order valence-electron chi connectivity index (χ0n) is 12.1. The van der Waals surface area contributed by atoms with Crippen LogP contribution in [0.2, 0.25) is 0 Å². The van der Waals surface area contributed by atoms with Crippen LogP contribution in [0.1, 0.15) is 25.6 Å². The van der Waals surface area contributed by atoms with Crippen LogP contribution < -0.4 is 5.32 Å². The molecule has 0 saturated heterocycles. The number of nitrogens with one attached hydrogen (secondary N) is 1. The number of rotatable bonds is 5. The summed E-state index contributed by atoms with van der Waals surface area (Å²) in [5, 5.41) is 12.0. The first kappa shape index (κ1) is 13.4. The molecule has 0 unspecified atom stereocenters. The molecule has 0 bridgehead atoms. The van der Waals surface area contributed by atoms with E-state index in [0.29, 0.717) is 12.6 Å². The van der Waals surface area contributed by atoms with Crippen molar-refractivity contribution in [3.05, 3.63) is 54.7 Å². The maximum atomic E-state index is 4.42. The lowest BCUT2D eigenvalue weighted by Gasteiger charge is -2.11.